The Kier molecular flexibility index (Phi) is 5.30. The van der Waals surface area contributed by atoms with Gasteiger partial charge in [-0.1, -0.05) is 30.3 Å². The van der Waals surface area contributed by atoms with Crippen LogP contribution in [0.2, 0.25) is 0 Å². The predicted octanol–water partition coefficient (Wildman–Crippen LogP) is 2.25. The van der Waals surface area contributed by atoms with Crippen molar-refractivity contribution in [2.24, 2.45) is 0 Å². The summed E-state index contributed by atoms with van der Waals surface area (Å²) in [5, 5.41) is 4.65. The molecule has 30 heavy (non-hydrogen) atoms. The number of hydrogen-bond donors (Lipinski definition) is 0. The molecule has 0 aliphatic rings. The first kappa shape index (κ1) is 19.4. The average Bonchev–Trinajstić information content (AvgIpc) is 3.21. The third-order valence-electron chi connectivity index (χ3n) is 4.84. The van der Waals surface area contributed by atoms with Gasteiger partial charge in [0.15, 0.2) is 5.65 Å². The molecule has 0 aliphatic carbocycles. The fourth-order valence-electron chi connectivity index (χ4n) is 3.22. The van der Waals surface area contributed by atoms with Crippen LogP contribution in [0.4, 0.5) is 0 Å². The van der Waals surface area contributed by atoms with Crippen LogP contribution in [0.15, 0.2) is 71.9 Å². The monoisotopic (exact) mass is 403 g/mol. The summed E-state index contributed by atoms with van der Waals surface area (Å²) in [6.07, 6.45) is 2.88. The number of methoxy groups -OCH3 is 1. The molecule has 2 heterocycles. The number of rotatable bonds is 6. The summed E-state index contributed by atoms with van der Waals surface area (Å²) in [4.78, 5) is 31.5. The van der Waals surface area contributed by atoms with Gasteiger partial charge in [0.1, 0.15) is 24.0 Å². The first-order valence-corrected chi connectivity index (χ1v) is 9.42. The molecule has 1 amide bonds. The molecule has 0 saturated heterocycles. The topological polar surface area (TPSA) is 82.2 Å². The van der Waals surface area contributed by atoms with Gasteiger partial charge in [-0.2, -0.15) is 5.10 Å². The van der Waals surface area contributed by atoms with Crippen molar-refractivity contribution in [3.8, 4) is 11.4 Å². The van der Waals surface area contributed by atoms with E-state index in [1.165, 1.54) is 17.1 Å². The van der Waals surface area contributed by atoms with Crippen molar-refractivity contribution in [2.75, 3.05) is 14.2 Å². The van der Waals surface area contributed by atoms with Crippen LogP contribution in [0, 0.1) is 0 Å². The molecule has 0 spiro atoms. The quantitative estimate of drug-likeness (QED) is 0.493. The van der Waals surface area contributed by atoms with E-state index in [2.05, 4.69) is 10.1 Å². The molecule has 152 valence electrons. The lowest BCUT2D eigenvalue weighted by Gasteiger charge is -2.18. The van der Waals surface area contributed by atoms with Gasteiger partial charge in [0.25, 0.3) is 5.56 Å². The number of likely N-dealkylation sites (N-methyl/N-ethyl adjacent to an activating group) is 1. The molecule has 0 aliphatic heterocycles. The second-order valence-electron chi connectivity index (χ2n) is 6.91. The van der Waals surface area contributed by atoms with E-state index in [1.54, 1.807) is 23.7 Å². The Morgan fingerprint density at radius 2 is 1.93 bits per heavy atom. The molecule has 2 aromatic carbocycles. The molecule has 8 heteroatoms. The predicted molar refractivity (Wildman–Crippen MR) is 113 cm³/mol. The first-order valence-electron chi connectivity index (χ1n) is 9.42. The SMILES string of the molecule is COc1cccc(CN(C)C(=O)Cn2cnc3c(cnn3-c3ccccc3)c2=O)c1. The lowest BCUT2D eigenvalue weighted by molar-refractivity contribution is -0.131. The zero-order valence-corrected chi connectivity index (χ0v) is 16.7. The van der Waals surface area contributed by atoms with Gasteiger partial charge in [-0.05, 0) is 29.8 Å². The van der Waals surface area contributed by atoms with Gasteiger partial charge in [-0.15, -0.1) is 0 Å². The Balaban J connectivity index is 1.54. The summed E-state index contributed by atoms with van der Waals surface area (Å²) >= 11 is 0. The van der Waals surface area contributed by atoms with Gasteiger partial charge in [-0.25, -0.2) is 9.67 Å². The number of carbonyl (C=O) groups is 1. The summed E-state index contributed by atoms with van der Waals surface area (Å²) < 4.78 is 8.14. The molecular formula is C22H21N5O3. The van der Waals surface area contributed by atoms with E-state index in [1.807, 2.05) is 54.6 Å². The van der Waals surface area contributed by atoms with Crippen molar-refractivity contribution in [3.63, 3.8) is 0 Å². The van der Waals surface area contributed by atoms with Gasteiger partial charge >= 0.3 is 0 Å². The number of hydrogen-bond acceptors (Lipinski definition) is 5. The van der Waals surface area contributed by atoms with E-state index in [-0.39, 0.29) is 18.0 Å². The maximum atomic E-state index is 12.9. The Bertz CT molecular complexity index is 1250. The third kappa shape index (κ3) is 3.80. The van der Waals surface area contributed by atoms with E-state index in [9.17, 15) is 9.59 Å². The lowest BCUT2D eigenvalue weighted by atomic mass is 10.2. The third-order valence-corrected chi connectivity index (χ3v) is 4.84. The fourth-order valence-corrected chi connectivity index (χ4v) is 3.22. The van der Waals surface area contributed by atoms with Crippen molar-refractivity contribution >= 4 is 16.9 Å². The van der Waals surface area contributed by atoms with E-state index in [0.717, 1.165) is 17.0 Å². The van der Waals surface area contributed by atoms with Crippen LogP contribution in [-0.4, -0.2) is 44.3 Å². The number of aromatic nitrogens is 4. The number of para-hydroxylation sites is 1. The molecule has 2 aromatic heterocycles. The molecular weight excluding hydrogens is 382 g/mol. The summed E-state index contributed by atoms with van der Waals surface area (Å²) in [7, 11) is 3.30. The summed E-state index contributed by atoms with van der Waals surface area (Å²) in [5.74, 6) is 0.533. The highest BCUT2D eigenvalue weighted by Crippen LogP contribution is 2.15. The first-order chi connectivity index (χ1) is 14.6. The standard InChI is InChI=1S/C22H21N5O3/c1-25(13-16-7-6-10-18(11-16)30-2)20(28)14-26-15-23-21-19(22(26)29)12-24-27(21)17-8-4-3-5-9-17/h3-12,15H,13-14H2,1-2H3. The van der Waals surface area contributed by atoms with Gasteiger partial charge in [-0.3, -0.25) is 14.2 Å². The number of carbonyl (C=O) groups excluding carboxylic acids is 1. The van der Waals surface area contributed by atoms with Crippen LogP contribution in [0.1, 0.15) is 5.56 Å². The van der Waals surface area contributed by atoms with Crippen molar-refractivity contribution < 1.29 is 9.53 Å². The zero-order valence-electron chi connectivity index (χ0n) is 16.7. The second kappa shape index (κ2) is 8.20. The van der Waals surface area contributed by atoms with Gasteiger partial charge in [0.05, 0.1) is 19.0 Å². The summed E-state index contributed by atoms with van der Waals surface area (Å²) in [6.45, 7) is 0.311. The van der Waals surface area contributed by atoms with Crippen LogP contribution < -0.4 is 10.3 Å². The number of benzene rings is 2. The molecule has 0 unspecified atom stereocenters. The van der Waals surface area contributed by atoms with Crippen LogP contribution in [0.3, 0.4) is 0 Å². The number of amides is 1. The van der Waals surface area contributed by atoms with Crippen molar-refractivity contribution in [1.29, 1.82) is 0 Å². The molecule has 4 rings (SSSR count). The van der Waals surface area contributed by atoms with Crippen molar-refractivity contribution in [2.45, 2.75) is 13.1 Å². The van der Waals surface area contributed by atoms with Gasteiger partial charge in [0, 0.05) is 13.6 Å². The average molecular weight is 403 g/mol. The number of ether oxygens (including phenoxy) is 1. The van der Waals surface area contributed by atoms with Gasteiger partial charge < -0.3 is 9.64 Å². The lowest BCUT2D eigenvalue weighted by Crippen LogP contribution is -2.33. The summed E-state index contributed by atoms with van der Waals surface area (Å²) in [5.41, 5.74) is 1.91. The molecule has 0 bridgehead atoms. The van der Waals surface area contributed by atoms with Crippen LogP contribution in [0.25, 0.3) is 16.7 Å². The largest absolute Gasteiger partial charge is 0.497 e. The smallest absolute Gasteiger partial charge is 0.264 e. The summed E-state index contributed by atoms with van der Waals surface area (Å²) in [6, 6.07) is 17.0. The molecule has 0 fully saturated rings. The van der Waals surface area contributed by atoms with Crippen molar-refractivity contribution in [3.05, 3.63) is 83.0 Å². The van der Waals surface area contributed by atoms with E-state index >= 15 is 0 Å². The van der Waals surface area contributed by atoms with E-state index in [4.69, 9.17) is 4.74 Å². The Morgan fingerprint density at radius 1 is 1.13 bits per heavy atom. The fraction of sp³-hybridized carbons (Fsp3) is 0.182. The molecule has 0 N–H and O–H groups in total. The molecule has 0 atom stereocenters. The molecule has 8 nitrogen and oxygen atoms in total. The minimum absolute atomic E-state index is 0.0985. The molecule has 0 saturated carbocycles. The number of nitrogens with zero attached hydrogens (tertiary/aromatic N) is 5. The zero-order chi connectivity index (χ0) is 21.1. The van der Waals surface area contributed by atoms with Crippen molar-refractivity contribution in [1.82, 2.24) is 24.2 Å². The minimum atomic E-state index is -0.301. The molecule has 4 aromatic rings. The Hall–Kier alpha value is -3.94. The maximum Gasteiger partial charge on any atom is 0.264 e. The van der Waals surface area contributed by atoms with Crippen LogP contribution in [0.5, 0.6) is 5.75 Å². The van der Waals surface area contributed by atoms with Crippen LogP contribution >= 0.6 is 0 Å². The highest BCUT2D eigenvalue weighted by atomic mass is 16.5. The normalized spacial score (nSPS) is 10.9. The van der Waals surface area contributed by atoms with Gasteiger partial charge in [0.2, 0.25) is 5.91 Å². The van der Waals surface area contributed by atoms with Crippen LogP contribution in [-0.2, 0) is 17.9 Å². The minimum Gasteiger partial charge on any atom is -0.497 e. The highest BCUT2D eigenvalue weighted by molar-refractivity contribution is 5.77. The van der Waals surface area contributed by atoms with E-state index < -0.39 is 0 Å². The maximum absolute atomic E-state index is 12.9. The highest BCUT2D eigenvalue weighted by Gasteiger charge is 2.15. The Labute approximate surface area is 173 Å². The second-order valence-corrected chi connectivity index (χ2v) is 6.91. The Morgan fingerprint density at radius 3 is 2.70 bits per heavy atom. The molecule has 0 radical (unpaired) electrons. The van der Waals surface area contributed by atoms with E-state index in [0.29, 0.717) is 17.6 Å². The number of fused-ring (bicyclic) bond motifs is 1.